The van der Waals surface area contributed by atoms with E-state index in [1.807, 2.05) is 13.8 Å². The molecular weight excluding hydrogens is 364 g/mol. The predicted octanol–water partition coefficient (Wildman–Crippen LogP) is 3.86. The van der Waals surface area contributed by atoms with E-state index in [0.29, 0.717) is 29.0 Å². The Bertz CT molecular complexity index is 698. The molecule has 5 nitrogen and oxygen atoms in total. The molecule has 2 amide bonds. The summed E-state index contributed by atoms with van der Waals surface area (Å²) in [7, 11) is 0. The SMILES string of the molecule is CC(C)CNC(=O)[C@@H]1COC2(CCC(C)CC2)N1C(=O)c1ccccc1Cl. The molecule has 27 heavy (non-hydrogen) atoms. The summed E-state index contributed by atoms with van der Waals surface area (Å²) in [4.78, 5) is 28.0. The van der Waals surface area contributed by atoms with Crippen LogP contribution in [0, 0.1) is 11.8 Å². The second kappa shape index (κ2) is 8.19. The van der Waals surface area contributed by atoms with E-state index in [1.54, 1.807) is 29.2 Å². The molecule has 1 spiro atoms. The van der Waals surface area contributed by atoms with Gasteiger partial charge in [-0.25, -0.2) is 0 Å². The van der Waals surface area contributed by atoms with Crippen molar-refractivity contribution in [3.05, 3.63) is 34.9 Å². The molecule has 1 N–H and O–H groups in total. The molecule has 1 aromatic rings. The highest BCUT2D eigenvalue weighted by Gasteiger charge is 2.53. The second-order valence-electron chi connectivity index (χ2n) is 8.25. The van der Waals surface area contributed by atoms with E-state index >= 15 is 0 Å². The van der Waals surface area contributed by atoms with E-state index in [2.05, 4.69) is 12.2 Å². The van der Waals surface area contributed by atoms with Gasteiger partial charge in [-0.1, -0.05) is 44.5 Å². The van der Waals surface area contributed by atoms with E-state index in [1.165, 1.54) is 0 Å². The number of nitrogens with zero attached hydrogens (tertiary/aromatic N) is 1. The normalized spacial score (nSPS) is 28.0. The Hall–Kier alpha value is -1.59. The van der Waals surface area contributed by atoms with E-state index in [0.717, 1.165) is 25.7 Å². The fraction of sp³-hybridized carbons (Fsp3) is 0.619. The number of benzene rings is 1. The minimum atomic E-state index is -0.706. The average molecular weight is 393 g/mol. The van der Waals surface area contributed by atoms with E-state index < -0.39 is 11.8 Å². The summed E-state index contributed by atoms with van der Waals surface area (Å²) < 4.78 is 6.17. The van der Waals surface area contributed by atoms with Crippen LogP contribution < -0.4 is 5.32 Å². The zero-order valence-corrected chi connectivity index (χ0v) is 17.1. The number of nitrogens with one attached hydrogen (secondary N) is 1. The maximum Gasteiger partial charge on any atom is 0.258 e. The lowest BCUT2D eigenvalue weighted by Crippen LogP contribution is -2.57. The predicted molar refractivity (Wildman–Crippen MR) is 106 cm³/mol. The van der Waals surface area contributed by atoms with Gasteiger partial charge in [0.25, 0.3) is 5.91 Å². The van der Waals surface area contributed by atoms with Crippen LogP contribution in [0.1, 0.15) is 56.8 Å². The molecule has 1 aliphatic carbocycles. The molecule has 0 aromatic heterocycles. The minimum absolute atomic E-state index is 0.153. The lowest BCUT2D eigenvalue weighted by atomic mass is 9.83. The van der Waals surface area contributed by atoms with Crippen molar-refractivity contribution in [1.29, 1.82) is 0 Å². The van der Waals surface area contributed by atoms with Gasteiger partial charge in [-0.05, 0) is 49.7 Å². The van der Waals surface area contributed by atoms with Crippen LogP contribution in [0.5, 0.6) is 0 Å². The van der Waals surface area contributed by atoms with Gasteiger partial charge < -0.3 is 10.1 Å². The Morgan fingerprint density at radius 2 is 1.96 bits per heavy atom. The first-order valence-electron chi connectivity index (χ1n) is 9.84. The average Bonchev–Trinajstić information content (AvgIpc) is 3.01. The van der Waals surface area contributed by atoms with Gasteiger partial charge in [0.15, 0.2) is 0 Å². The number of carbonyl (C=O) groups excluding carboxylic acids is 2. The number of ether oxygens (including phenoxy) is 1. The zero-order valence-electron chi connectivity index (χ0n) is 16.3. The maximum absolute atomic E-state index is 13.5. The molecule has 3 rings (SSSR count). The number of hydrogen-bond acceptors (Lipinski definition) is 3. The van der Waals surface area contributed by atoms with Crippen LogP contribution in [0.15, 0.2) is 24.3 Å². The van der Waals surface area contributed by atoms with Gasteiger partial charge in [0.1, 0.15) is 11.8 Å². The zero-order chi connectivity index (χ0) is 19.6. The van der Waals surface area contributed by atoms with Crippen LogP contribution in [0.2, 0.25) is 5.02 Å². The molecule has 1 aromatic carbocycles. The maximum atomic E-state index is 13.5. The largest absolute Gasteiger partial charge is 0.354 e. The number of carbonyl (C=O) groups is 2. The van der Waals surface area contributed by atoms with Gasteiger partial charge in [-0.15, -0.1) is 0 Å². The number of amides is 2. The van der Waals surface area contributed by atoms with Crippen molar-refractivity contribution in [3.8, 4) is 0 Å². The Balaban J connectivity index is 1.91. The summed E-state index contributed by atoms with van der Waals surface area (Å²) in [6.45, 7) is 7.11. The van der Waals surface area contributed by atoms with Crippen molar-refractivity contribution in [2.75, 3.05) is 13.2 Å². The van der Waals surface area contributed by atoms with Gasteiger partial charge in [0.2, 0.25) is 5.91 Å². The minimum Gasteiger partial charge on any atom is -0.354 e. The molecule has 6 heteroatoms. The molecule has 0 bridgehead atoms. The Morgan fingerprint density at radius 3 is 2.59 bits per heavy atom. The summed E-state index contributed by atoms with van der Waals surface area (Å²) in [5.41, 5.74) is -0.285. The molecule has 0 unspecified atom stereocenters. The molecule has 2 fully saturated rings. The van der Waals surface area contributed by atoms with E-state index in [4.69, 9.17) is 16.3 Å². The summed E-state index contributed by atoms with van der Waals surface area (Å²) in [5.74, 6) is 0.565. The third kappa shape index (κ3) is 4.14. The lowest BCUT2D eigenvalue weighted by Gasteiger charge is -2.43. The smallest absolute Gasteiger partial charge is 0.258 e. The fourth-order valence-electron chi connectivity index (χ4n) is 3.97. The monoisotopic (exact) mass is 392 g/mol. The Kier molecular flexibility index (Phi) is 6.11. The van der Waals surface area contributed by atoms with Crippen LogP contribution in [-0.2, 0) is 9.53 Å². The molecular formula is C21H29ClN2O3. The Labute approximate surface area is 166 Å². The molecule has 1 saturated carbocycles. The fourth-order valence-corrected chi connectivity index (χ4v) is 4.18. The van der Waals surface area contributed by atoms with Crippen molar-refractivity contribution in [3.63, 3.8) is 0 Å². The van der Waals surface area contributed by atoms with Gasteiger partial charge in [0.05, 0.1) is 17.2 Å². The van der Waals surface area contributed by atoms with Crippen LogP contribution >= 0.6 is 11.6 Å². The topological polar surface area (TPSA) is 58.6 Å². The number of rotatable bonds is 4. The van der Waals surface area contributed by atoms with Crippen molar-refractivity contribution in [2.24, 2.45) is 11.8 Å². The summed E-state index contributed by atoms with van der Waals surface area (Å²) in [6.07, 6.45) is 3.45. The van der Waals surface area contributed by atoms with Crippen LogP contribution in [0.3, 0.4) is 0 Å². The van der Waals surface area contributed by atoms with Gasteiger partial charge in [0, 0.05) is 6.54 Å². The summed E-state index contributed by atoms with van der Waals surface area (Å²) in [6, 6.07) is 6.38. The summed E-state index contributed by atoms with van der Waals surface area (Å²) >= 11 is 6.29. The van der Waals surface area contributed by atoms with E-state index in [-0.39, 0.29) is 18.4 Å². The van der Waals surface area contributed by atoms with Gasteiger partial charge in [-0.2, -0.15) is 0 Å². The highest BCUT2D eigenvalue weighted by molar-refractivity contribution is 6.33. The van der Waals surface area contributed by atoms with E-state index in [9.17, 15) is 9.59 Å². The highest BCUT2D eigenvalue weighted by Crippen LogP contribution is 2.43. The molecule has 1 atom stereocenters. The lowest BCUT2D eigenvalue weighted by molar-refractivity contribution is -0.128. The van der Waals surface area contributed by atoms with Crippen LogP contribution in [-0.4, -0.2) is 41.6 Å². The standard InChI is InChI=1S/C21H29ClN2O3/c1-14(2)12-23-19(25)18-13-27-21(10-8-15(3)9-11-21)24(18)20(26)16-6-4-5-7-17(16)22/h4-7,14-15,18H,8-13H2,1-3H3,(H,23,25)/t15?,18-,21?/m0/s1. The molecule has 1 aliphatic heterocycles. The molecule has 1 heterocycles. The third-order valence-corrected chi connectivity index (χ3v) is 5.96. The first kappa shape index (κ1) is 20.2. The summed E-state index contributed by atoms with van der Waals surface area (Å²) in [5, 5.41) is 3.36. The third-order valence-electron chi connectivity index (χ3n) is 5.63. The molecule has 0 radical (unpaired) electrons. The van der Waals surface area contributed by atoms with Crippen molar-refractivity contribution < 1.29 is 14.3 Å². The van der Waals surface area contributed by atoms with Gasteiger partial charge in [-0.3, -0.25) is 14.5 Å². The van der Waals surface area contributed by atoms with Crippen molar-refractivity contribution in [1.82, 2.24) is 10.2 Å². The molecule has 2 aliphatic rings. The van der Waals surface area contributed by atoms with Crippen LogP contribution in [0.25, 0.3) is 0 Å². The number of halogens is 1. The highest BCUT2D eigenvalue weighted by atomic mass is 35.5. The molecule has 1 saturated heterocycles. The molecule has 148 valence electrons. The van der Waals surface area contributed by atoms with Crippen LogP contribution in [0.4, 0.5) is 0 Å². The first-order chi connectivity index (χ1) is 12.8. The number of hydrogen-bond donors (Lipinski definition) is 1. The van der Waals surface area contributed by atoms with Gasteiger partial charge >= 0.3 is 0 Å². The Morgan fingerprint density at radius 1 is 1.30 bits per heavy atom. The second-order valence-corrected chi connectivity index (χ2v) is 8.66. The van der Waals surface area contributed by atoms with Crippen molar-refractivity contribution in [2.45, 2.75) is 58.2 Å². The quantitative estimate of drug-likeness (QED) is 0.846. The first-order valence-corrected chi connectivity index (χ1v) is 10.2. The van der Waals surface area contributed by atoms with Crippen molar-refractivity contribution >= 4 is 23.4 Å².